The number of carbonyl (C=O) groups excluding carboxylic acids is 1. The largest absolute Gasteiger partial charge is 0.480 e. The second-order valence-corrected chi connectivity index (χ2v) is 10.7. The van der Waals surface area contributed by atoms with Crippen molar-refractivity contribution in [3.63, 3.8) is 0 Å². The number of carboxylic acids is 1. The first kappa shape index (κ1) is 27.6. The number of carbonyl (C=O) groups is 2. The molecule has 0 saturated heterocycles. The Morgan fingerprint density at radius 3 is 2.45 bits per heavy atom. The number of rotatable bonds is 10. The highest BCUT2D eigenvalue weighted by molar-refractivity contribution is 5.85. The van der Waals surface area contributed by atoms with E-state index < -0.39 is 12.0 Å². The molecule has 7 nitrogen and oxygen atoms in total. The van der Waals surface area contributed by atoms with E-state index in [0.717, 1.165) is 41.8 Å². The lowest BCUT2D eigenvalue weighted by molar-refractivity contribution is -0.156. The Morgan fingerprint density at radius 2 is 1.79 bits per heavy atom. The van der Waals surface area contributed by atoms with Crippen LogP contribution in [-0.4, -0.2) is 39.0 Å². The second kappa shape index (κ2) is 12.4. The predicted molar refractivity (Wildman–Crippen MR) is 145 cm³/mol. The normalized spacial score (nSPS) is 18.3. The van der Waals surface area contributed by atoms with Crippen molar-refractivity contribution in [2.45, 2.75) is 78.7 Å². The second-order valence-electron chi connectivity index (χ2n) is 10.7. The molecule has 1 amide bonds. The van der Waals surface area contributed by atoms with Crippen LogP contribution in [0.25, 0.3) is 11.5 Å². The van der Waals surface area contributed by atoms with Gasteiger partial charge in [0.25, 0.3) is 0 Å². The zero-order valence-corrected chi connectivity index (χ0v) is 22.7. The molecule has 0 bridgehead atoms. The van der Waals surface area contributed by atoms with Gasteiger partial charge in [-0.1, -0.05) is 68.3 Å². The first-order valence-electron chi connectivity index (χ1n) is 13.4. The van der Waals surface area contributed by atoms with Crippen molar-refractivity contribution < 1.29 is 23.8 Å². The van der Waals surface area contributed by atoms with Crippen LogP contribution >= 0.6 is 0 Å². The van der Waals surface area contributed by atoms with Crippen molar-refractivity contribution in [1.82, 2.24) is 9.88 Å². The van der Waals surface area contributed by atoms with E-state index in [1.165, 1.54) is 5.56 Å². The van der Waals surface area contributed by atoms with Gasteiger partial charge in [0.05, 0.1) is 12.7 Å². The van der Waals surface area contributed by atoms with E-state index in [4.69, 9.17) is 9.15 Å². The number of aryl methyl sites for hydroxylation is 2. The molecule has 1 fully saturated rings. The average molecular weight is 519 g/mol. The Balaban J connectivity index is 1.44. The highest BCUT2D eigenvalue weighted by Gasteiger charge is 2.38. The van der Waals surface area contributed by atoms with Crippen molar-refractivity contribution in [2.24, 2.45) is 11.8 Å². The van der Waals surface area contributed by atoms with Crippen molar-refractivity contribution in [3.05, 3.63) is 77.2 Å². The highest BCUT2D eigenvalue weighted by Crippen LogP contribution is 2.31. The van der Waals surface area contributed by atoms with E-state index >= 15 is 0 Å². The van der Waals surface area contributed by atoms with Crippen LogP contribution in [0.1, 0.15) is 62.1 Å². The number of hydrogen-bond donors (Lipinski definition) is 1. The third-order valence-corrected chi connectivity index (χ3v) is 7.32. The van der Waals surface area contributed by atoms with Crippen LogP contribution in [0.5, 0.6) is 0 Å². The Labute approximate surface area is 224 Å². The molecule has 1 saturated carbocycles. The van der Waals surface area contributed by atoms with Gasteiger partial charge in [0, 0.05) is 18.0 Å². The highest BCUT2D eigenvalue weighted by atomic mass is 16.5. The first-order chi connectivity index (χ1) is 18.2. The summed E-state index contributed by atoms with van der Waals surface area (Å²) in [6.07, 6.45) is 2.91. The van der Waals surface area contributed by atoms with Gasteiger partial charge in [-0.05, 0) is 56.7 Å². The smallest absolute Gasteiger partial charge is 0.326 e. The number of aromatic nitrogens is 1. The topological polar surface area (TPSA) is 92.9 Å². The number of amides is 1. The van der Waals surface area contributed by atoms with Gasteiger partial charge in [0.15, 0.2) is 0 Å². The molecule has 0 aliphatic heterocycles. The van der Waals surface area contributed by atoms with E-state index in [2.05, 4.69) is 4.98 Å². The summed E-state index contributed by atoms with van der Waals surface area (Å²) in [6.45, 7) is 8.21. The third kappa shape index (κ3) is 6.70. The van der Waals surface area contributed by atoms with Gasteiger partial charge >= 0.3 is 5.97 Å². The summed E-state index contributed by atoms with van der Waals surface area (Å²) in [5, 5.41) is 9.99. The van der Waals surface area contributed by atoms with Crippen LogP contribution in [0, 0.1) is 25.7 Å². The van der Waals surface area contributed by atoms with Crippen LogP contribution in [0.15, 0.2) is 59.0 Å². The number of aliphatic carboxylic acids is 1. The molecule has 1 N–H and O–H groups in total. The van der Waals surface area contributed by atoms with E-state index in [1.54, 1.807) is 4.90 Å². The monoisotopic (exact) mass is 518 g/mol. The number of ether oxygens (including phenoxy) is 1. The van der Waals surface area contributed by atoms with Gasteiger partial charge in [-0.15, -0.1) is 0 Å². The SMILES string of the molecule is Cc1ccc(-c2nc(COC3CCCC(C(=O)N(Cc4ccccc4)[C@H](C(=O)O)C(C)C)C3)c(C)o2)cc1. The van der Waals surface area contributed by atoms with E-state index in [-0.39, 0.29) is 30.4 Å². The minimum Gasteiger partial charge on any atom is -0.480 e. The van der Waals surface area contributed by atoms with Crippen LogP contribution in [-0.2, 0) is 27.5 Å². The number of benzene rings is 2. The van der Waals surface area contributed by atoms with E-state index in [0.29, 0.717) is 18.9 Å². The third-order valence-electron chi connectivity index (χ3n) is 7.32. The van der Waals surface area contributed by atoms with Gasteiger partial charge in [-0.3, -0.25) is 4.79 Å². The van der Waals surface area contributed by atoms with Gasteiger partial charge < -0.3 is 19.2 Å². The maximum absolute atomic E-state index is 13.8. The lowest BCUT2D eigenvalue weighted by atomic mass is 9.85. The lowest BCUT2D eigenvalue weighted by Gasteiger charge is -2.37. The fraction of sp³-hybridized carbons (Fsp3) is 0.452. The molecule has 3 aromatic rings. The fourth-order valence-electron chi connectivity index (χ4n) is 5.21. The minimum absolute atomic E-state index is 0.0995. The molecular weight excluding hydrogens is 480 g/mol. The van der Waals surface area contributed by atoms with Crippen LogP contribution < -0.4 is 0 Å². The maximum Gasteiger partial charge on any atom is 0.326 e. The van der Waals surface area contributed by atoms with E-state index in [9.17, 15) is 14.7 Å². The minimum atomic E-state index is -0.973. The predicted octanol–water partition coefficient (Wildman–Crippen LogP) is 6.17. The Bertz CT molecular complexity index is 1220. The van der Waals surface area contributed by atoms with Crippen molar-refractivity contribution >= 4 is 11.9 Å². The molecular formula is C31H38N2O5. The molecule has 1 heterocycles. The zero-order valence-electron chi connectivity index (χ0n) is 22.7. The molecule has 7 heteroatoms. The summed E-state index contributed by atoms with van der Waals surface area (Å²) in [7, 11) is 0. The van der Waals surface area contributed by atoms with Crippen molar-refractivity contribution in [2.75, 3.05) is 0 Å². The van der Waals surface area contributed by atoms with E-state index in [1.807, 2.05) is 82.3 Å². The number of carboxylic acid groups (broad SMARTS) is 1. The van der Waals surface area contributed by atoms with Gasteiger partial charge in [0.1, 0.15) is 17.5 Å². The average Bonchev–Trinajstić information content (AvgIpc) is 3.27. The summed E-state index contributed by atoms with van der Waals surface area (Å²) in [6, 6.07) is 16.7. The molecule has 38 heavy (non-hydrogen) atoms. The molecule has 1 aliphatic rings. The van der Waals surface area contributed by atoms with Gasteiger partial charge in [-0.25, -0.2) is 9.78 Å². The molecule has 3 atom stereocenters. The molecule has 1 aromatic heterocycles. The van der Waals surface area contributed by atoms with Gasteiger partial charge in [0.2, 0.25) is 11.8 Å². The van der Waals surface area contributed by atoms with Crippen LogP contribution in [0.2, 0.25) is 0 Å². The summed E-state index contributed by atoms with van der Waals surface area (Å²) >= 11 is 0. The quantitative estimate of drug-likeness (QED) is 0.345. The molecule has 202 valence electrons. The first-order valence-corrected chi connectivity index (χ1v) is 13.4. The number of nitrogens with zero attached hydrogens (tertiary/aromatic N) is 2. The zero-order chi connectivity index (χ0) is 27.2. The van der Waals surface area contributed by atoms with Crippen LogP contribution in [0.4, 0.5) is 0 Å². The summed E-state index contributed by atoms with van der Waals surface area (Å²) in [5.74, 6) is -0.281. The van der Waals surface area contributed by atoms with Gasteiger partial charge in [-0.2, -0.15) is 0 Å². The molecule has 0 spiro atoms. The number of hydrogen-bond acceptors (Lipinski definition) is 5. The fourth-order valence-corrected chi connectivity index (χ4v) is 5.21. The summed E-state index contributed by atoms with van der Waals surface area (Å²) in [5.41, 5.74) is 3.77. The molecule has 0 radical (unpaired) electrons. The standard InChI is InChI=1S/C31H38N2O5/c1-20(2)28(31(35)36)33(18-23-9-6-5-7-10-23)30(34)25-11-8-12-26(17-25)37-19-27-22(4)38-29(32-27)24-15-13-21(3)14-16-24/h5-7,9-10,13-16,20,25-26,28H,8,11-12,17-19H2,1-4H3,(H,35,36)/t25?,26?,28-/m0/s1. The lowest BCUT2D eigenvalue weighted by Crippen LogP contribution is -2.50. The van der Waals surface area contributed by atoms with Crippen molar-refractivity contribution in [1.29, 1.82) is 0 Å². The summed E-state index contributed by atoms with van der Waals surface area (Å²) in [4.78, 5) is 32.2. The molecule has 2 unspecified atom stereocenters. The molecule has 4 rings (SSSR count). The maximum atomic E-state index is 13.8. The molecule has 1 aliphatic carbocycles. The summed E-state index contributed by atoms with van der Waals surface area (Å²) < 4.78 is 12.1. The molecule has 2 aromatic carbocycles. The number of oxazole rings is 1. The Kier molecular flexibility index (Phi) is 9.00. The van der Waals surface area contributed by atoms with Crippen LogP contribution in [0.3, 0.4) is 0 Å². The Morgan fingerprint density at radius 1 is 1.08 bits per heavy atom. The van der Waals surface area contributed by atoms with Crippen molar-refractivity contribution in [3.8, 4) is 11.5 Å². The Hall–Kier alpha value is -3.45.